The fourth-order valence-electron chi connectivity index (χ4n) is 1.64. The van der Waals surface area contributed by atoms with Crippen molar-refractivity contribution in [2.45, 2.75) is 4.90 Å². The summed E-state index contributed by atoms with van der Waals surface area (Å²) in [5.41, 5.74) is 6.12. The third-order valence-corrected chi connectivity index (χ3v) is 4.94. The number of nitrogens with one attached hydrogen (secondary N) is 1. The van der Waals surface area contributed by atoms with Crippen LogP contribution in [-0.4, -0.2) is 8.42 Å². The van der Waals surface area contributed by atoms with Crippen molar-refractivity contribution in [3.8, 4) is 6.07 Å². The second-order valence-corrected chi connectivity index (χ2v) is 7.04. The van der Waals surface area contributed by atoms with E-state index in [1.54, 1.807) is 12.1 Å². The van der Waals surface area contributed by atoms with Gasteiger partial charge in [0.15, 0.2) is 0 Å². The number of nitrogens with zero attached hydrogens (tertiary/aromatic N) is 1. The number of hydrogen-bond donors (Lipinski definition) is 2. The Labute approximate surface area is 135 Å². The van der Waals surface area contributed by atoms with Gasteiger partial charge in [-0.1, -0.05) is 11.6 Å². The van der Waals surface area contributed by atoms with Crippen molar-refractivity contribution < 1.29 is 8.42 Å². The summed E-state index contributed by atoms with van der Waals surface area (Å²) in [7, 11) is -3.93. The van der Waals surface area contributed by atoms with Crippen LogP contribution in [0.3, 0.4) is 0 Å². The highest BCUT2D eigenvalue weighted by molar-refractivity contribution is 9.10. The molecule has 0 spiro atoms. The molecule has 0 aliphatic rings. The molecule has 0 saturated carbocycles. The van der Waals surface area contributed by atoms with Crippen LogP contribution < -0.4 is 10.5 Å². The molecule has 0 radical (unpaired) electrons. The maximum atomic E-state index is 12.4. The molecule has 0 atom stereocenters. The molecule has 0 unspecified atom stereocenters. The molecule has 0 heterocycles. The number of halogens is 2. The summed E-state index contributed by atoms with van der Waals surface area (Å²) >= 11 is 9.08. The molecule has 0 aliphatic heterocycles. The number of nitrogens with two attached hydrogens (primary N) is 1. The van der Waals surface area contributed by atoms with Gasteiger partial charge in [0.2, 0.25) is 0 Å². The number of anilines is 2. The lowest BCUT2D eigenvalue weighted by atomic mass is 10.2. The minimum atomic E-state index is -3.93. The zero-order valence-corrected chi connectivity index (χ0v) is 13.6. The summed E-state index contributed by atoms with van der Waals surface area (Å²) in [6, 6.07) is 10.5. The summed E-state index contributed by atoms with van der Waals surface area (Å²) in [5.74, 6) is 0. The van der Waals surface area contributed by atoms with Crippen LogP contribution in [0.4, 0.5) is 11.4 Å². The smallest absolute Gasteiger partial charge is 0.263 e. The second kappa shape index (κ2) is 5.93. The Morgan fingerprint density at radius 3 is 2.62 bits per heavy atom. The first-order chi connectivity index (χ1) is 9.83. The second-order valence-electron chi connectivity index (χ2n) is 4.10. The zero-order chi connectivity index (χ0) is 15.6. The maximum absolute atomic E-state index is 12.4. The molecule has 0 aromatic heterocycles. The van der Waals surface area contributed by atoms with Gasteiger partial charge in [-0.25, -0.2) is 8.42 Å². The lowest BCUT2D eigenvalue weighted by Gasteiger charge is -2.11. The Kier molecular flexibility index (Phi) is 4.42. The van der Waals surface area contributed by atoms with Crippen LogP contribution in [0.2, 0.25) is 5.02 Å². The van der Waals surface area contributed by atoms with Gasteiger partial charge < -0.3 is 5.73 Å². The van der Waals surface area contributed by atoms with Crippen LogP contribution in [0, 0.1) is 11.3 Å². The minimum absolute atomic E-state index is 0.0272. The molecule has 0 bridgehead atoms. The van der Waals surface area contributed by atoms with E-state index in [0.717, 1.165) is 0 Å². The van der Waals surface area contributed by atoms with Crippen molar-refractivity contribution >= 4 is 48.9 Å². The number of nitrogen functional groups attached to an aromatic ring is 1. The highest BCUT2D eigenvalue weighted by Gasteiger charge is 2.20. The highest BCUT2D eigenvalue weighted by atomic mass is 79.9. The van der Waals surface area contributed by atoms with Gasteiger partial charge in [-0.05, 0) is 52.3 Å². The molecule has 8 heteroatoms. The lowest BCUT2D eigenvalue weighted by Crippen LogP contribution is -2.15. The fourth-order valence-corrected chi connectivity index (χ4v) is 3.50. The van der Waals surface area contributed by atoms with Crippen LogP contribution in [0.1, 0.15) is 5.56 Å². The number of sulfonamides is 1. The summed E-state index contributed by atoms with van der Waals surface area (Å²) in [6.07, 6.45) is 0. The molecule has 0 amide bonds. The number of nitriles is 1. The van der Waals surface area contributed by atoms with E-state index < -0.39 is 10.0 Å². The van der Waals surface area contributed by atoms with Gasteiger partial charge in [-0.3, -0.25) is 4.72 Å². The molecular weight excluding hydrogens is 378 g/mol. The Morgan fingerprint density at radius 1 is 1.24 bits per heavy atom. The minimum Gasteiger partial charge on any atom is -0.399 e. The Balaban J connectivity index is 2.49. The predicted octanol–water partition coefficient (Wildman–Crippen LogP) is 3.36. The summed E-state index contributed by atoms with van der Waals surface area (Å²) in [6.45, 7) is 0. The van der Waals surface area contributed by atoms with Crippen molar-refractivity contribution in [2.75, 3.05) is 10.5 Å². The van der Waals surface area contributed by atoms with Gasteiger partial charge in [0, 0.05) is 15.2 Å². The predicted molar refractivity (Wildman–Crippen MR) is 85.5 cm³/mol. The van der Waals surface area contributed by atoms with Crippen LogP contribution in [0.25, 0.3) is 0 Å². The first kappa shape index (κ1) is 15.6. The van der Waals surface area contributed by atoms with Crippen LogP contribution in [0.15, 0.2) is 45.8 Å². The average Bonchev–Trinajstić information content (AvgIpc) is 2.42. The molecule has 2 aromatic carbocycles. The lowest BCUT2D eigenvalue weighted by molar-refractivity contribution is 0.601. The van der Waals surface area contributed by atoms with Gasteiger partial charge in [0.05, 0.1) is 11.3 Å². The summed E-state index contributed by atoms with van der Waals surface area (Å²) in [4.78, 5) is -0.147. The molecule has 0 fully saturated rings. The van der Waals surface area contributed by atoms with Crippen LogP contribution in [-0.2, 0) is 10.0 Å². The van der Waals surface area contributed by atoms with E-state index in [0.29, 0.717) is 15.2 Å². The molecule has 2 aromatic rings. The first-order valence-corrected chi connectivity index (χ1v) is 8.26. The SMILES string of the molecule is N#Cc1cc(N)ccc1S(=O)(=O)Nc1cc(Cl)ccc1Br. The van der Waals surface area contributed by atoms with Crippen LogP contribution in [0.5, 0.6) is 0 Å². The normalized spacial score (nSPS) is 10.9. The van der Waals surface area contributed by atoms with E-state index in [1.165, 1.54) is 24.3 Å². The quantitative estimate of drug-likeness (QED) is 0.791. The Bertz CT molecular complexity index is 847. The molecule has 3 N–H and O–H groups in total. The molecular formula is C13H9BrClN3O2S. The fraction of sp³-hybridized carbons (Fsp3) is 0. The Morgan fingerprint density at radius 2 is 1.95 bits per heavy atom. The van der Waals surface area contributed by atoms with E-state index in [4.69, 9.17) is 22.6 Å². The molecule has 21 heavy (non-hydrogen) atoms. The molecule has 0 aliphatic carbocycles. The van der Waals surface area contributed by atoms with Gasteiger partial charge in [-0.15, -0.1) is 0 Å². The highest BCUT2D eigenvalue weighted by Crippen LogP contribution is 2.29. The third kappa shape index (κ3) is 3.47. The maximum Gasteiger partial charge on any atom is 0.263 e. The topological polar surface area (TPSA) is 96.0 Å². The van der Waals surface area contributed by atoms with E-state index in [-0.39, 0.29) is 16.1 Å². The molecule has 5 nitrogen and oxygen atoms in total. The average molecular weight is 387 g/mol. The van der Waals surface area contributed by atoms with Gasteiger partial charge in [0.1, 0.15) is 11.0 Å². The Hall–Kier alpha value is -1.75. The number of rotatable bonds is 3. The largest absolute Gasteiger partial charge is 0.399 e. The first-order valence-electron chi connectivity index (χ1n) is 5.61. The van der Waals surface area contributed by atoms with Crippen molar-refractivity contribution in [2.24, 2.45) is 0 Å². The van der Waals surface area contributed by atoms with Crippen molar-refractivity contribution in [3.05, 3.63) is 51.5 Å². The summed E-state index contributed by atoms with van der Waals surface area (Å²) in [5, 5.41) is 9.43. The van der Waals surface area contributed by atoms with Crippen molar-refractivity contribution in [1.29, 1.82) is 5.26 Å². The monoisotopic (exact) mass is 385 g/mol. The number of hydrogen-bond acceptors (Lipinski definition) is 4. The van der Waals surface area contributed by atoms with Crippen molar-refractivity contribution in [1.82, 2.24) is 0 Å². The third-order valence-electron chi connectivity index (χ3n) is 2.59. The van der Waals surface area contributed by atoms with Gasteiger partial charge in [-0.2, -0.15) is 5.26 Å². The summed E-state index contributed by atoms with van der Waals surface area (Å²) < 4.78 is 27.7. The molecule has 0 saturated heterocycles. The van der Waals surface area contributed by atoms with Gasteiger partial charge >= 0.3 is 0 Å². The van der Waals surface area contributed by atoms with Crippen LogP contribution >= 0.6 is 27.5 Å². The number of benzene rings is 2. The van der Waals surface area contributed by atoms with Gasteiger partial charge in [0.25, 0.3) is 10.0 Å². The van der Waals surface area contributed by atoms with Crippen molar-refractivity contribution in [3.63, 3.8) is 0 Å². The standard InChI is InChI=1S/C13H9BrClN3O2S/c14-11-3-1-9(15)6-12(11)18-21(19,20)13-4-2-10(17)5-8(13)7-16/h1-6,18H,17H2. The van der Waals surface area contributed by atoms with E-state index >= 15 is 0 Å². The molecule has 108 valence electrons. The van der Waals surface area contributed by atoms with E-state index in [1.807, 2.05) is 6.07 Å². The van der Waals surface area contributed by atoms with E-state index in [2.05, 4.69) is 20.7 Å². The molecule has 2 rings (SSSR count). The van der Waals surface area contributed by atoms with E-state index in [9.17, 15) is 8.42 Å². The zero-order valence-electron chi connectivity index (χ0n) is 10.5.